The number of fused-ring (bicyclic) bond motifs is 2. The SMILES string of the molecule is C1CC2COC[C](CO1)N2. The first-order valence-corrected chi connectivity index (χ1v) is 3.72. The highest BCUT2D eigenvalue weighted by Gasteiger charge is 2.24. The first-order chi connectivity index (χ1) is 4.95. The summed E-state index contributed by atoms with van der Waals surface area (Å²) in [6.07, 6.45) is 1.07. The van der Waals surface area contributed by atoms with Gasteiger partial charge in [0, 0.05) is 12.6 Å². The minimum Gasteiger partial charge on any atom is -0.379 e. The van der Waals surface area contributed by atoms with Gasteiger partial charge < -0.3 is 14.8 Å². The number of rotatable bonds is 0. The van der Waals surface area contributed by atoms with Gasteiger partial charge in [0.05, 0.1) is 25.9 Å². The van der Waals surface area contributed by atoms with E-state index in [1.807, 2.05) is 0 Å². The van der Waals surface area contributed by atoms with Crippen LogP contribution in [-0.2, 0) is 9.47 Å². The molecule has 0 aromatic carbocycles. The van der Waals surface area contributed by atoms with Gasteiger partial charge >= 0.3 is 0 Å². The van der Waals surface area contributed by atoms with Crippen molar-refractivity contribution in [3.8, 4) is 0 Å². The van der Waals surface area contributed by atoms with Crippen LogP contribution in [0.3, 0.4) is 0 Å². The Morgan fingerprint density at radius 2 is 2.20 bits per heavy atom. The van der Waals surface area contributed by atoms with Crippen LogP contribution < -0.4 is 5.32 Å². The van der Waals surface area contributed by atoms with Crippen LogP contribution in [-0.4, -0.2) is 32.5 Å². The van der Waals surface area contributed by atoms with E-state index in [-0.39, 0.29) is 0 Å². The third-order valence-electron chi connectivity index (χ3n) is 1.89. The van der Waals surface area contributed by atoms with Crippen molar-refractivity contribution in [1.82, 2.24) is 5.32 Å². The Bertz CT molecular complexity index is 106. The van der Waals surface area contributed by atoms with Crippen molar-refractivity contribution in [3.05, 3.63) is 6.04 Å². The third-order valence-corrected chi connectivity index (χ3v) is 1.89. The molecule has 2 aliphatic rings. The second kappa shape index (κ2) is 2.86. The third kappa shape index (κ3) is 1.31. The highest BCUT2D eigenvalue weighted by atomic mass is 16.5. The number of hydrogen-bond donors (Lipinski definition) is 1. The molecule has 0 saturated carbocycles. The van der Waals surface area contributed by atoms with Gasteiger partial charge in [-0.1, -0.05) is 0 Å². The lowest BCUT2D eigenvalue weighted by atomic mass is 10.2. The molecule has 2 heterocycles. The molecule has 1 unspecified atom stereocenters. The summed E-state index contributed by atoms with van der Waals surface area (Å²) in [5, 5.41) is 3.38. The summed E-state index contributed by atoms with van der Waals surface area (Å²) in [7, 11) is 0. The molecule has 10 heavy (non-hydrogen) atoms. The Kier molecular flexibility index (Phi) is 1.88. The quantitative estimate of drug-likeness (QED) is 0.513. The van der Waals surface area contributed by atoms with Gasteiger partial charge in [0.25, 0.3) is 0 Å². The first-order valence-electron chi connectivity index (χ1n) is 3.72. The van der Waals surface area contributed by atoms with Crippen molar-refractivity contribution < 1.29 is 9.47 Å². The molecular formula is C7H12NO2. The van der Waals surface area contributed by atoms with Crippen molar-refractivity contribution >= 4 is 0 Å². The molecule has 2 bridgehead atoms. The smallest absolute Gasteiger partial charge is 0.0885 e. The molecular weight excluding hydrogens is 130 g/mol. The second-order valence-corrected chi connectivity index (χ2v) is 2.80. The van der Waals surface area contributed by atoms with Crippen LogP contribution >= 0.6 is 0 Å². The van der Waals surface area contributed by atoms with Crippen molar-refractivity contribution in [1.29, 1.82) is 0 Å². The van der Waals surface area contributed by atoms with Crippen molar-refractivity contribution in [3.63, 3.8) is 0 Å². The van der Waals surface area contributed by atoms with E-state index in [1.54, 1.807) is 0 Å². The van der Waals surface area contributed by atoms with Gasteiger partial charge in [0.2, 0.25) is 0 Å². The normalized spacial score (nSPS) is 35.4. The average Bonchev–Trinajstić information content (AvgIpc) is 2.12. The summed E-state index contributed by atoms with van der Waals surface area (Å²) in [6, 6.07) is 1.71. The van der Waals surface area contributed by atoms with Gasteiger partial charge in [-0.05, 0) is 6.42 Å². The molecule has 1 atom stereocenters. The minimum atomic E-state index is 0.506. The molecule has 0 amide bonds. The van der Waals surface area contributed by atoms with E-state index in [0.29, 0.717) is 6.04 Å². The fourth-order valence-corrected chi connectivity index (χ4v) is 1.36. The lowest BCUT2D eigenvalue weighted by Gasteiger charge is -2.26. The van der Waals surface area contributed by atoms with Crippen LogP contribution in [0.5, 0.6) is 0 Å². The summed E-state index contributed by atoms with van der Waals surface area (Å²) in [4.78, 5) is 0. The van der Waals surface area contributed by atoms with Gasteiger partial charge in [-0.2, -0.15) is 0 Å². The molecule has 57 valence electrons. The monoisotopic (exact) mass is 142 g/mol. The number of nitrogens with one attached hydrogen (secondary N) is 1. The molecule has 1 radical (unpaired) electrons. The Labute approximate surface area is 60.7 Å². The Morgan fingerprint density at radius 3 is 3.20 bits per heavy atom. The molecule has 2 aliphatic heterocycles. The van der Waals surface area contributed by atoms with Crippen molar-refractivity contribution in [2.24, 2.45) is 0 Å². The van der Waals surface area contributed by atoms with E-state index in [9.17, 15) is 0 Å². The van der Waals surface area contributed by atoms with Crippen LogP contribution in [0.1, 0.15) is 6.42 Å². The first kappa shape index (κ1) is 6.58. The highest BCUT2D eigenvalue weighted by Crippen LogP contribution is 2.12. The maximum absolute atomic E-state index is 5.34. The molecule has 2 rings (SSSR count). The Hall–Kier alpha value is -0.120. The topological polar surface area (TPSA) is 30.5 Å². The maximum Gasteiger partial charge on any atom is 0.0885 e. The van der Waals surface area contributed by atoms with Crippen molar-refractivity contribution in [2.45, 2.75) is 12.5 Å². The molecule has 0 aliphatic carbocycles. The minimum absolute atomic E-state index is 0.506. The van der Waals surface area contributed by atoms with Gasteiger partial charge in [0.15, 0.2) is 0 Å². The zero-order valence-electron chi connectivity index (χ0n) is 5.93. The maximum atomic E-state index is 5.34. The number of ether oxygens (including phenoxy) is 2. The molecule has 3 nitrogen and oxygen atoms in total. The highest BCUT2D eigenvalue weighted by molar-refractivity contribution is 4.95. The summed E-state index contributed by atoms with van der Waals surface area (Å²) < 4.78 is 10.7. The van der Waals surface area contributed by atoms with E-state index in [1.165, 1.54) is 6.04 Å². The van der Waals surface area contributed by atoms with Crippen LogP contribution in [0.4, 0.5) is 0 Å². The Morgan fingerprint density at radius 1 is 1.30 bits per heavy atom. The summed E-state index contributed by atoms with van der Waals surface area (Å²) in [6.45, 7) is 3.17. The largest absolute Gasteiger partial charge is 0.379 e. The van der Waals surface area contributed by atoms with Crippen LogP contribution in [0, 0.1) is 6.04 Å². The molecule has 0 aromatic heterocycles. The standard InChI is InChI=1S/C7H12NO2/c1-2-9-4-7-5-10-3-6(1)8-7/h6,8H,1-5H2. The van der Waals surface area contributed by atoms with Crippen LogP contribution in [0.15, 0.2) is 0 Å². The van der Waals surface area contributed by atoms with Gasteiger partial charge in [-0.3, -0.25) is 0 Å². The van der Waals surface area contributed by atoms with Gasteiger partial charge in [-0.15, -0.1) is 0 Å². The number of morpholine rings is 1. The summed E-state index contributed by atoms with van der Waals surface area (Å²) in [5.41, 5.74) is 0. The fraction of sp³-hybridized carbons (Fsp3) is 0.857. The average molecular weight is 142 g/mol. The zero-order chi connectivity index (χ0) is 6.81. The lowest BCUT2D eigenvalue weighted by molar-refractivity contribution is 0.0758. The van der Waals surface area contributed by atoms with Crippen LogP contribution in [0.2, 0.25) is 0 Å². The van der Waals surface area contributed by atoms with Crippen LogP contribution in [0.25, 0.3) is 0 Å². The summed E-state index contributed by atoms with van der Waals surface area (Å²) >= 11 is 0. The zero-order valence-corrected chi connectivity index (χ0v) is 5.93. The van der Waals surface area contributed by atoms with E-state index in [2.05, 4.69) is 5.32 Å². The Balaban J connectivity index is 1.96. The van der Waals surface area contributed by atoms with E-state index < -0.39 is 0 Å². The van der Waals surface area contributed by atoms with E-state index >= 15 is 0 Å². The van der Waals surface area contributed by atoms with E-state index in [0.717, 1.165) is 32.8 Å². The molecule has 0 aromatic rings. The van der Waals surface area contributed by atoms with Gasteiger partial charge in [-0.25, -0.2) is 0 Å². The predicted molar refractivity (Wildman–Crippen MR) is 36.4 cm³/mol. The second-order valence-electron chi connectivity index (χ2n) is 2.80. The number of hydrogen-bond acceptors (Lipinski definition) is 3. The molecule has 1 N–H and O–H groups in total. The molecule has 2 fully saturated rings. The van der Waals surface area contributed by atoms with Gasteiger partial charge in [0.1, 0.15) is 0 Å². The predicted octanol–water partition coefficient (Wildman–Crippen LogP) is -0.0729. The lowest BCUT2D eigenvalue weighted by Crippen LogP contribution is -2.43. The fourth-order valence-electron chi connectivity index (χ4n) is 1.36. The summed E-state index contributed by atoms with van der Waals surface area (Å²) in [5.74, 6) is 0. The van der Waals surface area contributed by atoms with E-state index in [4.69, 9.17) is 9.47 Å². The molecule has 2 saturated heterocycles. The molecule has 3 heteroatoms. The van der Waals surface area contributed by atoms with Crippen molar-refractivity contribution in [2.75, 3.05) is 26.4 Å². The molecule has 0 spiro atoms.